The molecule has 38 heavy (non-hydrogen) atoms. The maximum Gasteiger partial charge on any atom is 0.347 e. The number of para-hydroxylation sites is 2. The number of carboxylic acid groups (broad SMARTS) is 1. The summed E-state index contributed by atoms with van der Waals surface area (Å²) < 4.78 is 15.2. The number of hydrogen-bond donors (Lipinski definition) is 3. The number of rotatable bonds is 9. The summed E-state index contributed by atoms with van der Waals surface area (Å²) in [6.07, 6.45) is -0.228. The van der Waals surface area contributed by atoms with Gasteiger partial charge < -0.3 is 29.7 Å². The van der Waals surface area contributed by atoms with Crippen LogP contribution in [0.5, 0.6) is 23.0 Å². The van der Waals surface area contributed by atoms with Crippen molar-refractivity contribution in [1.29, 1.82) is 0 Å². The monoisotopic (exact) mass is 521 g/mol. The first-order valence-corrected chi connectivity index (χ1v) is 11.2. The van der Waals surface area contributed by atoms with Gasteiger partial charge in [-0.05, 0) is 42.0 Å². The molecule has 0 aromatic heterocycles. The topological polar surface area (TPSA) is 166 Å². The van der Waals surface area contributed by atoms with Crippen LogP contribution >= 0.6 is 0 Å². The van der Waals surface area contributed by atoms with Crippen molar-refractivity contribution < 1.29 is 48.4 Å². The highest BCUT2D eigenvalue weighted by Crippen LogP contribution is 2.29. The predicted molar refractivity (Wildman–Crippen MR) is 131 cm³/mol. The number of phenolic OH excluding ortho intramolecular Hbond substituents is 1. The van der Waals surface area contributed by atoms with Crippen LogP contribution in [-0.2, 0) is 20.8 Å². The van der Waals surface area contributed by atoms with Crippen molar-refractivity contribution in [3.8, 4) is 23.0 Å². The molecule has 0 heterocycles. The van der Waals surface area contributed by atoms with E-state index in [9.17, 15) is 34.2 Å². The highest BCUT2D eigenvalue weighted by molar-refractivity contribution is 5.99. The lowest BCUT2D eigenvalue weighted by molar-refractivity contribution is -0.139. The van der Waals surface area contributed by atoms with Gasteiger partial charge in [0.2, 0.25) is 0 Å². The molecular formula is C27H23NO10. The number of benzene rings is 3. The molecule has 3 rings (SSSR count). The van der Waals surface area contributed by atoms with Crippen molar-refractivity contribution in [3.63, 3.8) is 0 Å². The largest absolute Gasteiger partial charge is 0.504 e. The Bertz CT molecular complexity index is 1400. The van der Waals surface area contributed by atoms with E-state index in [1.54, 1.807) is 12.1 Å². The van der Waals surface area contributed by atoms with Crippen LogP contribution in [0.2, 0.25) is 0 Å². The number of nitrogens with one attached hydrogen (secondary N) is 1. The highest BCUT2D eigenvalue weighted by Gasteiger charge is 2.24. The smallest absolute Gasteiger partial charge is 0.347 e. The van der Waals surface area contributed by atoms with Crippen LogP contribution in [0.25, 0.3) is 0 Å². The van der Waals surface area contributed by atoms with E-state index in [2.05, 4.69) is 5.32 Å². The number of carboxylic acids is 1. The number of hydrogen-bond acceptors (Lipinski definition) is 9. The molecule has 11 nitrogen and oxygen atoms in total. The van der Waals surface area contributed by atoms with E-state index in [0.717, 1.165) is 0 Å². The van der Waals surface area contributed by atoms with Crippen LogP contribution in [-0.4, -0.2) is 46.0 Å². The van der Waals surface area contributed by atoms with E-state index in [-0.39, 0.29) is 34.8 Å². The van der Waals surface area contributed by atoms with Crippen molar-refractivity contribution in [1.82, 2.24) is 5.32 Å². The molecule has 3 aromatic carbocycles. The second kappa shape index (κ2) is 12.2. The normalized spacial score (nSPS) is 11.1. The number of aliphatic carboxylic acids is 1. The number of aromatic hydroxyl groups is 1. The van der Waals surface area contributed by atoms with E-state index in [1.807, 2.05) is 0 Å². The van der Waals surface area contributed by atoms with Crippen molar-refractivity contribution in [2.45, 2.75) is 26.3 Å². The third-order valence-corrected chi connectivity index (χ3v) is 5.02. The minimum atomic E-state index is -1.41. The molecule has 0 spiro atoms. The Kier molecular flexibility index (Phi) is 8.78. The van der Waals surface area contributed by atoms with Crippen molar-refractivity contribution in [3.05, 3.63) is 83.4 Å². The molecule has 3 aromatic rings. The number of phenols is 1. The summed E-state index contributed by atoms with van der Waals surface area (Å²) in [6.45, 7) is 2.35. The second-order valence-corrected chi connectivity index (χ2v) is 7.94. The van der Waals surface area contributed by atoms with E-state index in [1.165, 1.54) is 68.4 Å². The third-order valence-electron chi connectivity index (χ3n) is 5.02. The first-order valence-electron chi connectivity index (χ1n) is 11.2. The zero-order valence-electron chi connectivity index (χ0n) is 20.3. The molecule has 0 saturated heterocycles. The Labute approximate surface area is 216 Å². The fourth-order valence-corrected chi connectivity index (χ4v) is 3.38. The molecule has 0 aliphatic heterocycles. The van der Waals surface area contributed by atoms with E-state index in [4.69, 9.17) is 14.2 Å². The molecule has 11 heteroatoms. The summed E-state index contributed by atoms with van der Waals surface area (Å²) in [4.78, 5) is 59.7. The first kappa shape index (κ1) is 27.4. The fraction of sp³-hybridized carbons (Fsp3) is 0.148. The summed E-state index contributed by atoms with van der Waals surface area (Å²) >= 11 is 0. The summed E-state index contributed by atoms with van der Waals surface area (Å²) in [7, 11) is 0. The average molecular weight is 521 g/mol. The Morgan fingerprint density at radius 3 is 1.87 bits per heavy atom. The van der Waals surface area contributed by atoms with Crippen molar-refractivity contribution in [2.24, 2.45) is 0 Å². The summed E-state index contributed by atoms with van der Waals surface area (Å²) in [5, 5.41) is 22.4. The molecular weight excluding hydrogens is 498 g/mol. The van der Waals surface area contributed by atoms with Gasteiger partial charge in [-0.25, -0.2) is 9.59 Å². The molecule has 3 N–H and O–H groups in total. The maximum absolute atomic E-state index is 12.7. The van der Waals surface area contributed by atoms with Crippen LogP contribution < -0.4 is 19.5 Å². The number of esters is 3. The molecule has 196 valence electrons. The van der Waals surface area contributed by atoms with Gasteiger partial charge in [-0.3, -0.25) is 14.4 Å². The number of carbonyl (C=O) groups excluding carboxylic acids is 4. The predicted octanol–water partition coefficient (Wildman–Crippen LogP) is 2.89. The van der Waals surface area contributed by atoms with Gasteiger partial charge in [-0.1, -0.05) is 30.3 Å². The molecule has 1 atom stereocenters. The zero-order valence-corrected chi connectivity index (χ0v) is 20.3. The summed E-state index contributed by atoms with van der Waals surface area (Å²) in [6, 6.07) is 14.2. The lowest BCUT2D eigenvalue weighted by Gasteiger charge is -2.16. The Hall–Kier alpha value is -5.19. The molecule has 1 amide bonds. The van der Waals surface area contributed by atoms with Gasteiger partial charge in [0.25, 0.3) is 5.91 Å². The summed E-state index contributed by atoms with van der Waals surface area (Å²) in [5.41, 5.74) is 0.227. The van der Waals surface area contributed by atoms with Crippen LogP contribution in [0.4, 0.5) is 0 Å². The minimum Gasteiger partial charge on any atom is -0.504 e. The Morgan fingerprint density at radius 2 is 1.32 bits per heavy atom. The van der Waals surface area contributed by atoms with Crippen LogP contribution in [0, 0.1) is 0 Å². The molecule has 0 saturated carbocycles. The van der Waals surface area contributed by atoms with Crippen LogP contribution in [0.15, 0.2) is 66.7 Å². The SMILES string of the molecule is CC(=O)Oc1ccccc1C(=O)N[C@@H](Cc1ccc(OC(=O)c2ccccc2OC(C)=O)c(O)c1)C(=O)O. The number of amides is 1. The van der Waals surface area contributed by atoms with Crippen molar-refractivity contribution >= 4 is 29.8 Å². The average Bonchev–Trinajstić information content (AvgIpc) is 2.85. The third kappa shape index (κ3) is 7.17. The molecule has 0 bridgehead atoms. The van der Waals surface area contributed by atoms with E-state index < -0.39 is 41.6 Å². The second-order valence-electron chi connectivity index (χ2n) is 7.94. The van der Waals surface area contributed by atoms with Gasteiger partial charge in [0.15, 0.2) is 11.5 Å². The Balaban J connectivity index is 1.74. The van der Waals surface area contributed by atoms with Crippen LogP contribution in [0.1, 0.15) is 40.1 Å². The number of carbonyl (C=O) groups is 5. The van der Waals surface area contributed by atoms with E-state index >= 15 is 0 Å². The lowest BCUT2D eigenvalue weighted by atomic mass is 10.0. The number of ether oxygens (including phenoxy) is 3. The molecule has 0 aliphatic rings. The highest BCUT2D eigenvalue weighted by atomic mass is 16.6. The minimum absolute atomic E-state index is 0.0172. The van der Waals surface area contributed by atoms with Gasteiger partial charge in [-0.2, -0.15) is 0 Å². The van der Waals surface area contributed by atoms with Gasteiger partial charge in [0.1, 0.15) is 23.1 Å². The quantitative estimate of drug-likeness (QED) is 0.281. The lowest BCUT2D eigenvalue weighted by Crippen LogP contribution is -2.42. The standard InChI is InChI=1S/C27H23NO10/c1-15(29)36-22-9-5-3-7-18(22)25(32)28-20(26(33)34)13-17-11-12-24(21(31)14-17)38-27(35)19-8-4-6-10-23(19)37-16(2)30/h3-12,14,20,31H,13H2,1-2H3,(H,28,32)(H,33,34)/t20-/m0/s1. The van der Waals surface area contributed by atoms with Gasteiger partial charge in [0.05, 0.1) is 5.56 Å². The van der Waals surface area contributed by atoms with Crippen molar-refractivity contribution in [2.75, 3.05) is 0 Å². The van der Waals surface area contributed by atoms with Gasteiger partial charge in [0, 0.05) is 20.3 Å². The zero-order chi connectivity index (χ0) is 27.8. The molecule has 0 aliphatic carbocycles. The molecule has 0 radical (unpaired) electrons. The van der Waals surface area contributed by atoms with Crippen LogP contribution in [0.3, 0.4) is 0 Å². The molecule has 0 fully saturated rings. The first-order chi connectivity index (χ1) is 18.0. The van der Waals surface area contributed by atoms with E-state index in [0.29, 0.717) is 5.56 Å². The fourth-order valence-electron chi connectivity index (χ4n) is 3.38. The van der Waals surface area contributed by atoms with Gasteiger partial charge >= 0.3 is 23.9 Å². The Morgan fingerprint density at radius 1 is 0.763 bits per heavy atom. The maximum atomic E-state index is 12.7. The van der Waals surface area contributed by atoms with Gasteiger partial charge in [-0.15, -0.1) is 0 Å². The molecule has 0 unspecified atom stereocenters. The summed E-state index contributed by atoms with van der Waals surface area (Å²) in [5.74, 6) is -5.03.